The monoisotopic (exact) mass is 138 g/mol. The van der Waals surface area contributed by atoms with E-state index in [4.69, 9.17) is 5.41 Å². The van der Waals surface area contributed by atoms with E-state index in [0.717, 1.165) is 17.6 Å². The lowest BCUT2D eigenvalue weighted by molar-refractivity contribution is 1.07. The van der Waals surface area contributed by atoms with Crippen molar-refractivity contribution in [1.29, 1.82) is 5.41 Å². The molecule has 0 spiro atoms. The van der Waals surface area contributed by atoms with E-state index in [0.29, 0.717) is 0 Å². The lowest BCUT2D eigenvalue weighted by Crippen LogP contribution is -1.98. The van der Waals surface area contributed by atoms with Crippen LogP contribution in [0.15, 0.2) is 23.9 Å². The largest absolute Gasteiger partial charge is 0.393 e. The van der Waals surface area contributed by atoms with Gasteiger partial charge in [-0.05, 0) is 12.0 Å². The second-order valence-electron chi connectivity index (χ2n) is 1.99. The molecule has 56 valence electrons. The Bertz CT molecular complexity index is 157. The van der Waals surface area contributed by atoms with Crippen LogP contribution in [-0.2, 0) is 0 Å². The number of hydrogen-bond acceptors (Lipinski definition) is 2. The van der Waals surface area contributed by atoms with Crippen molar-refractivity contribution in [3.05, 3.63) is 23.9 Å². The Morgan fingerprint density at radius 3 is 2.60 bits per heavy atom. The molecule has 2 N–H and O–H groups in total. The SMILES string of the molecule is C=C(CC)/C(C=N)=C/NC. The molecule has 0 aromatic rings. The molecule has 0 aliphatic heterocycles. The quantitative estimate of drug-likeness (QED) is 0.450. The highest BCUT2D eigenvalue weighted by atomic mass is 14.8. The molecular weight excluding hydrogens is 124 g/mol. The molecule has 2 nitrogen and oxygen atoms in total. The molecule has 0 bridgehead atoms. The summed E-state index contributed by atoms with van der Waals surface area (Å²) in [5.74, 6) is 0. The predicted octanol–water partition coefficient (Wildman–Crippen LogP) is 1.71. The fraction of sp³-hybridized carbons (Fsp3) is 0.375. The van der Waals surface area contributed by atoms with Crippen LogP contribution in [0.25, 0.3) is 0 Å². The summed E-state index contributed by atoms with van der Waals surface area (Å²) in [4.78, 5) is 0. The van der Waals surface area contributed by atoms with Crippen LogP contribution < -0.4 is 5.32 Å². The van der Waals surface area contributed by atoms with Gasteiger partial charge in [0.1, 0.15) is 0 Å². The molecule has 0 saturated carbocycles. The zero-order chi connectivity index (χ0) is 7.98. The van der Waals surface area contributed by atoms with Gasteiger partial charge in [-0.25, -0.2) is 0 Å². The maximum absolute atomic E-state index is 7.00. The van der Waals surface area contributed by atoms with E-state index in [2.05, 4.69) is 11.9 Å². The minimum atomic E-state index is 0.866. The normalized spacial score (nSPS) is 10.8. The number of allylic oxidation sites excluding steroid dienone is 2. The summed E-state index contributed by atoms with van der Waals surface area (Å²) in [6.07, 6.45) is 3.98. The van der Waals surface area contributed by atoms with Crippen molar-refractivity contribution in [2.24, 2.45) is 0 Å². The smallest absolute Gasteiger partial charge is 0.0267 e. The molecule has 2 heteroatoms. The van der Waals surface area contributed by atoms with Gasteiger partial charge in [-0.15, -0.1) is 0 Å². The fourth-order valence-electron chi connectivity index (χ4n) is 0.605. The van der Waals surface area contributed by atoms with E-state index in [1.165, 1.54) is 6.21 Å². The van der Waals surface area contributed by atoms with Gasteiger partial charge in [0.25, 0.3) is 0 Å². The van der Waals surface area contributed by atoms with Crippen molar-refractivity contribution in [2.45, 2.75) is 13.3 Å². The van der Waals surface area contributed by atoms with E-state index in [1.54, 1.807) is 6.20 Å². The van der Waals surface area contributed by atoms with Gasteiger partial charge in [0.2, 0.25) is 0 Å². The fourth-order valence-corrected chi connectivity index (χ4v) is 0.605. The molecule has 0 radical (unpaired) electrons. The van der Waals surface area contributed by atoms with Crippen molar-refractivity contribution in [3.8, 4) is 0 Å². The molecule has 10 heavy (non-hydrogen) atoms. The first-order valence-corrected chi connectivity index (χ1v) is 3.32. The summed E-state index contributed by atoms with van der Waals surface area (Å²) in [5, 5.41) is 9.86. The topological polar surface area (TPSA) is 35.9 Å². The predicted molar refractivity (Wildman–Crippen MR) is 45.4 cm³/mol. The maximum Gasteiger partial charge on any atom is 0.0267 e. The van der Waals surface area contributed by atoms with E-state index in [-0.39, 0.29) is 0 Å². The van der Waals surface area contributed by atoms with Gasteiger partial charge in [0.05, 0.1) is 0 Å². The van der Waals surface area contributed by atoms with Crippen LogP contribution in [0.4, 0.5) is 0 Å². The molecule has 0 amide bonds. The summed E-state index contributed by atoms with van der Waals surface area (Å²) >= 11 is 0. The van der Waals surface area contributed by atoms with Crippen molar-refractivity contribution in [3.63, 3.8) is 0 Å². The van der Waals surface area contributed by atoms with Crippen LogP contribution in [0, 0.1) is 5.41 Å². The highest BCUT2D eigenvalue weighted by Gasteiger charge is 1.93. The lowest BCUT2D eigenvalue weighted by Gasteiger charge is -2.00. The Labute approximate surface area is 62.1 Å². The number of hydrogen-bond donors (Lipinski definition) is 2. The van der Waals surface area contributed by atoms with Gasteiger partial charge in [0, 0.05) is 25.0 Å². The third-order valence-electron chi connectivity index (χ3n) is 1.29. The zero-order valence-electron chi connectivity index (χ0n) is 6.57. The van der Waals surface area contributed by atoms with E-state index in [9.17, 15) is 0 Å². The Balaban J connectivity index is 4.20. The molecule has 0 heterocycles. The standard InChI is InChI=1S/C8H14N2/c1-4-7(2)8(5-9)6-10-3/h5-6,9-10H,2,4H2,1,3H3/b8-6+,9-5?. The number of rotatable bonds is 4. The van der Waals surface area contributed by atoms with Crippen LogP contribution >= 0.6 is 0 Å². The van der Waals surface area contributed by atoms with Gasteiger partial charge in [-0.2, -0.15) is 0 Å². The molecule has 0 aliphatic rings. The van der Waals surface area contributed by atoms with Crippen molar-refractivity contribution in [1.82, 2.24) is 5.32 Å². The Morgan fingerprint density at radius 2 is 2.30 bits per heavy atom. The third kappa shape index (κ3) is 2.49. The zero-order valence-corrected chi connectivity index (χ0v) is 6.57. The molecule has 0 fully saturated rings. The maximum atomic E-state index is 7.00. The van der Waals surface area contributed by atoms with Gasteiger partial charge < -0.3 is 10.7 Å². The molecule has 0 saturated heterocycles. The van der Waals surface area contributed by atoms with Gasteiger partial charge in [-0.3, -0.25) is 0 Å². The van der Waals surface area contributed by atoms with Gasteiger partial charge >= 0.3 is 0 Å². The lowest BCUT2D eigenvalue weighted by atomic mass is 10.1. The molecule has 0 rings (SSSR count). The third-order valence-corrected chi connectivity index (χ3v) is 1.29. The minimum Gasteiger partial charge on any atom is -0.393 e. The summed E-state index contributed by atoms with van der Waals surface area (Å²) in [6, 6.07) is 0. The van der Waals surface area contributed by atoms with Crippen LogP contribution in [0.5, 0.6) is 0 Å². The Kier molecular flexibility index (Phi) is 4.29. The first kappa shape index (κ1) is 8.95. The van der Waals surface area contributed by atoms with Gasteiger partial charge in [0.15, 0.2) is 0 Å². The molecule has 0 aromatic carbocycles. The Morgan fingerprint density at radius 1 is 1.70 bits per heavy atom. The van der Waals surface area contributed by atoms with Crippen LogP contribution in [-0.4, -0.2) is 13.3 Å². The molecule has 0 aromatic heterocycles. The van der Waals surface area contributed by atoms with E-state index < -0.39 is 0 Å². The summed E-state index contributed by atoms with van der Waals surface area (Å²) in [7, 11) is 1.81. The van der Waals surface area contributed by atoms with Crippen LogP contribution in [0.2, 0.25) is 0 Å². The first-order valence-electron chi connectivity index (χ1n) is 3.32. The average molecular weight is 138 g/mol. The molecule has 0 atom stereocenters. The average Bonchev–Trinajstić information content (AvgIpc) is 1.99. The van der Waals surface area contributed by atoms with Crippen LogP contribution in [0.3, 0.4) is 0 Å². The molecule has 0 aliphatic carbocycles. The second kappa shape index (κ2) is 4.79. The summed E-state index contributed by atoms with van der Waals surface area (Å²) in [6.45, 7) is 5.83. The number of nitrogens with one attached hydrogen (secondary N) is 2. The highest BCUT2D eigenvalue weighted by molar-refractivity contribution is 5.81. The first-order chi connectivity index (χ1) is 4.76. The second-order valence-corrected chi connectivity index (χ2v) is 1.99. The van der Waals surface area contributed by atoms with Gasteiger partial charge in [-0.1, -0.05) is 13.5 Å². The minimum absolute atomic E-state index is 0.866. The molecular formula is C8H14N2. The van der Waals surface area contributed by atoms with E-state index >= 15 is 0 Å². The van der Waals surface area contributed by atoms with Crippen molar-refractivity contribution >= 4 is 6.21 Å². The summed E-state index contributed by atoms with van der Waals surface area (Å²) < 4.78 is 0. The summed E-state index contributed by atoms with van der Waals surface area (Å²) in [5.41, 5.74) is 1.86. The van der Waals surface area contributed by atoms with Crippen LogP contribution in [0.1, 0.15) is 13.3 Å². The van der Waals surface area contributed by atoms with Crippen molar-refractivity contribution < 1.29 is 0 Å². The van der Waals surface area contributed by atoms with E-state index in [1.807, 2.05) is 14.0 Å². The molecule has 0 unspecified atom stereocenters. The Hall–Kier alpha value is -1.05. The van der Waals surface area contributed by atoms with Crippen molar-refractivity contribution in [2.75, 3.05) is 7.05 Å². The highest BCUT2D eigenvalue weighted by Crippen LogP contribution is 2.06.